The van der Waals surface area contributed by atoms with Gasteiger partial charge in [-0.25, -0.2) is 4.40 Å². The van der Waals surface area contributed by atoms with Gasteiger partial charge in [0, 0.05) is 28.2 Å². The average Bonchev–Trinajstić information content (AvgIpc) is 3.04. The molecule has 0 radical (unpaired) electrons. The van der Waals surface area contributed by atoms with Crippen LogP contribution in [-0.4, -0.2) is 64.4 Å². The van der Waals surface area contributed by atoms with Crippen LogP contribution >= 0.6 is 23.4 Å². The van der Waals surface area contributed by atoms with Crippen molar-refractivity contribution in [3.8, 4) is 0 Å². The summed E-state index contributed by atoms with van der Waals surface area (Å²) < 4.78 is 1.72. The van der Waals surface area contributed by atoms with E-state index in [0.29, 0.717) is 33.5 Å². The topological polar surface area (TPSA) is 91.6 Å². The summed E-state index contributed by atoms with van der Waals surface area (Å²) in [6.07, 6.45) is 0. The molecule has 0 saturated carbocycles. The van der Waals surface area contributed by atoms with Gasteiger partial charge in [-0.05, 0) is 12.1 Å². The molecule has 0 atom stereocenters. The highest BCUT2D eigenvalue weighted by Gasteiger charge is 2.18. The molecule has 27 heavy (non-hydrogen) atoms. The first-order chi connectivity index (χ1) is 12.9. The molecule has 0 aliphatic rings. The number of nitrogens with zero attached hydrogens (tertiary/aromatic N) is 7. The highest BCUT2D eigenvalue weighted by atomic mass is 35.5. The van der Waals surface area contributed by atoms with E-state index in [4.69, 9.17) is 11.6 Å². The minimum Gasteiger partial charge on any atom is -0.348 e. The fourth-order valence-corrected chi connectivity index (χ4v) is 3.14. The number of fused-ring (bicyclic) bond motifs is 1. The van der Waals surface area contributed by atoms with E-state index >= 15 is 0 Å². The molecule has 3 aromatic rings. The quantitative estimate of drug-likeness (QED) is 0.622. The van der Waals surface area contributed by atoms with Crippen molar-refractivity contribution in [1.29, 1.82) is 0 Å². The maximum atomic E-state index is 12.3. The highest BCUT2D eigenvalue weighted by molar-refractivity contribution is 7.99. The van der Waals surface area contributed by atoms with Crippen molar-refractivity contribution < 1.29 is 4.79 Å². The Balaban J connectivity index is 1.81. The van der Waals surface area contributed by atoms with E-state index in [2.05, 4.69) is 25.5 Å². The molecule has 0 aliphatic carbocycles. The molecule has 0 bridgehead atoms. The molecule has 1 amide bonds. The molecule has 2 heterocycles. The van der Waals surface area contributed by atoms with E-state index in [-0.39, 0.29) is 11.7 Å². The Kier molecular flexibility index (Phi) is 5.66. The van der Waals surface area contributed by atoms with Gasteiger partial charge < -0.3 is 15.1 Å². The third-order valence-electron chi connectivity index (χ3n) is 3.50. The van der Waals surface area contributed by atoms with E-state index in [0.717, 1.165) is 0 Å². The largest absolute Gasteiger partial charge is 0.348 e. The number of thioether (sulfide) groups is 1. The Bertz CT molecular complexity index is 974. The number of aromatic nitrogens is 5. The predicted molar refractivity (Wildman–Crippen MR) is 108 cm³/mol. The van der Waals surface area contributed by atoms with E-state index in [1.165, 1.54) is 11.8 Å². The molecule has 0 aliphatic heterocycles. The zero-order valence-corrected chi connectivity index (χ0v) is 16.9. The lowest BCUT2D eigenvalue weighted by Crippen LogP contribution is -2.20. The number of hydrogen-bond acceptors (Lipinski definition) is 8. The van der Waals surface area contributed by atoms with E-state index in [1.54, 1.807) is 27.5 Å². The molecule has 2 aromatic heterocycles. The van der Waals surface area contributed by atoms with Gasteiger partial charge in [-0.15, -0.1) is 10.2 Å². The number of hydrogen-bond donors (Lipinski definition) is 1. The van der Waals surface area contributed by atoms with Gasteiger partial charge in [-0.3, -0.25) is 4.79 Å². The van der Waals surface area contributed by atoms with Crippen LogP contribution in [-0.2, 0) is 4.79 Å². The van der Waals surface area contributed by atoms with Gasteiger partial charge in [0.05, 0.1) is 16.5 Å². The van der Waals surface area contributed by atoms with Crippen LogP contribution in [0.1, 0.15) is 0 Å². The normalized spacial score (nSPS) is 10.9. The Labute approximate surface area is 165 Å². The molecular formula is C16H19ClN8OS. The molecule has 0 saturated heterocycles. The Morgan fingerprint density at radius 3 is 2.56 bits per heavy atom. The molecule has 0 spiro atoms. The standard InChI is InChI=1S/C16H19ClN8OS/c1-23(2)13-19-14-21-22-16(25(14)15(20-13)24(3)4)27-9-12(26)18-11-8-6-5-7-10(11)17/h5-8H,9H2,1-4H3,(H,18,26). The van der Waals surface area contributed by atoms with Gasteiger partial charge in [0.2, 0.25) is 17.8 Å². The van der Waals surface area contributed by atoms with Crippen molar-refractivity contribution in [1.82, 2.24) is 24.6 Å². The van der Waals surface area contributed by atoms with Crippen LogP contribution in [0.15, 0.2) is 29.4 Å². The lowest BCUT2D eigenvalue weighted by molar-refractivity contribution is -0.113. The number of carbonyl (C=O) groups is 1. The number of rotatable bonds is 6. The lowest BCUT2D eigenvalue weighted by Gasteiger charge is -2.17. The van der Waals surface area contributed by atoms with Crippen molar-refractivity contribution in [2.45, 2.75) is 5.16 Å². The number of halogens is 1. The van der Waals surface area contributed by atoms with Gasteiger partial charge >= 0.3 is 0 Å². The summed E-state index contributed by atoms with van der Waals surface area (Å²) in [5.41, 5.74) is 0.573. The van der Waals surface area contributed by atoms with Crippen LogP contribution in [0.5, 0.6) is 0 Å². The van der Waals surface area contributed by atoms with E-state index in [1.807, 2.05) is 39.2 Å². The minimum atomic E-state index is -0.193. The Hall–Kier alpha value is -2.59. The fourth-order valence-electron chi connectivity index (χ4n) is 2.24. The van der Waals surface area contributed by atoms with Gasteiger partial charge in [-0.2, -0.15) is 9.97 Å². The van der Waals surface area contributed by atoms with Crippen LogP contribution in [0, 0.1) is 0 Å². The summed E-state index contributed by atoms with van der Waals surface area (Å²) in [5, 5.41) is 12.1. The Morgan fingerprint density at radius 2 is 1.89 bits per heavy atom. The number of benzene rings is 1. The second-order valence-electron chi connectivity index (χ2n) is 6.05. The van der Waals surface area contributed by atoms with Crippen molar-refractivity contribution in [3.05, 3.63) is 29.3 Å². The maximum absolute atomic E-state index is 12.3. The van der Waals surface area contributed by atoms with Gasteiger partial charge in [0.15, 0.2) is 5.16 Å². The number of carbonyl (C=O) groups excluding carboxylic acids is 1. The summed E-state index contributed by atoms with van der Waals surface area (Å²) in [5.74, 6) is 1.54. The zero-order valence-electron chi connectivity index (χ0n) is 15.3. The van der Waals surface area contributed by atoms with Crippen molar-refractivity contribution in [3.63, 3.8) is 0 Å². The lowest BCUT2D eigenvalue weighted by atomic mass is 10.3. The monoisotopic (exact) mass is 406 g/mol. The zero-order chi connectivity index (χ0) is 19.6. The van der Waals surface area contributed by atoms with Crippen molar-refractivity contribution >= 4 is 52.6 Å². The summed E-state index contributed by atoms with van der Waals surface area (Å²) in [6.45, 7) is 0. The molecule has 9 nitrogen and oxygen atoms in total. The van der Waals surface area contributed by atoms with Crippen LogP contribution in [0.4, 0.5) is 17.6 Å². The predicted octanol–water partition coefficient (Wildman–Crippen LogP) is 2.04. The summed E-state index contributed by atoms with van der Waals surface area (Å²) in [4.78, 5) is 24.8. The number of para-hydroxylation sites is 1. The van der Waals surface area contributed by atoms with Gasteiger partial charge in [-0.1, -0.05) is 35.5 Å². The number of anilines is 3. The van der Waals surface area contributed by atoms with Gasteiger partial charge in [0.25, 0.3) is 5.78 Å². The maximum Gasteiger partial charge on any atom is 0.261 e. The molecule has 0 fully saturated rings. The third-order valence-corrected chi connectivity index (χ3v) is 4.76. The van der Waals surface area contributed by atoms with Crippen LogP contribution in [0.2, 0.25) is 5.02 Å². The van der Waals surface area contributed by atoms with Crippen molar-refractivity contribution in [2.24, 2.45) is 0 Å². The number of amides is 1. The molecule has 142 valence electrons. The molecule has 0 unspecified atom stereocenters. The van der Waals surface area contributed by atoms with Crippen LogP contribution in [0.3, 0.4) is 0 Å². The first-order valence-electron chi connectivity index (χ1n) is 8.02. The Morgan fingerprint density at radius 1 is 1.15 bits per heavy atom. The van der Waals surface area contributed by atoms with Crippen molar-refractivity contribution in [2.75, 3.05) is 49.1 Å². The SMILES string of the molecule is CN(C)c1nc(N(C)C)n2c(SCC(=O)Nc3ccccc3Cl)nnc2n1. The first kappa shape index (κ1) is 19.2. The van der Waals surface area contributed by atoms with Gasteiger partial charge in [0.1, 0.15) is 0 Å². The second-order valence-corrected chi connectivity index (χ2v) is 7.40. The number of nitrogens with one attached hydrogen (secondary N) is 1. The molecule has 1 aromatic carbocycles. The minimum absolute atomic E-state index is 0.147. The molecule has 11 heteroatoms. The second kappa shape index (κ2) is 7.97. The first-order valence-corrected chi connectivity index (χ1v) is 9.38. The summed E-state index contributed by atoms with van der Waals surface area (Å²) >= 11 is 7.32. The van der Waals surface area contributed by atoms with E-state index in [9.17, 15) is 4.79 Å². The van der Waals surface area contributed by atoms with Crippen LogP contribution in [0.25, 0.3) is 5.78 Å². The molecule has 1 N–H and O–H groups in total. The van der Waals surface area contributed by atoms with Crippen LogP contribution < -0.4 is 15.1 Å². The molecule has 3 rings (SSSR count). The fraction of sp³-hybridized carbons (Fsp3) is 0.312. The summed E-state index contributed by atoms with van der Waals surface area (Å²) in [6, 6.07) is 7.08. The molecular weight excluding hydrogens is 388 g/mol. The summed E-state index contributed by atoms with van der Waals surface area (Å²) in [7, 11) is 7.46. The highest BCUT2D eigenvalue weighted by Crippen LogP contribution is 2.24. The van der Waals surface area contributed by atoms with E-state index < -0.39 is 0 Å². The third kappa shape index (κ3) is 4.22. The smallest absolute Gasteiger partial charge is 0.261 e. The average molecular weight is 407 g/mol.